The number of nitrogens with zero attached hydrogens (tertiary/aromatic N) is 2. The van der Waals surface area contributed by atoms with E-state index in [0.29, 0.717) is 12.0 Å². The summed E-state index contributed by atoms with van der Waals surface area (Å²) in [6.45, 7) is -0.723. The Balaban J connectivity index is 1.89. The number of ketones is 1. The van der Waals surface area contributed by atoms with Crippen molar-refractivity contribution >= 4 is 22.0 Å². The van der Waals surface area contributed by atoms with Crippen molar-refractivity contribution in [1.29, 1.82) is 5.26 Å². The molecule has 0 radical (unpaired) electrons. The quantitative estimate of drug-likeness (QED) is 0.348. The van der Waals surface area contributed by atoms with Crippen LogP contribution < -0.4 is 4.18 Å². The first kappa shape index (κ1) is 21.1. The average Bonchev–Trinajstić information content (AvgIpc) is 3.42. The zero-order valence-corrected chi connectivity index (χ0v) is 17.3. The molecule has 0 heterocycles. The van der Waals surface area contributed by atoms with E-state index in [1.165, 1.54) is 6.20 Å². The molecule has 1 saturated carbocycles. The largest absolute Gasteiger partial charge is 0.382 e. The maximum absolute atomic E-state index is 12.7. The molecule has 154 valence electrons. The highest BCUT2D eigenvalue weighted by atomic mass is 32.2. The maximum Gasteiger partial charge on any atom is 0.309 e. The molecule has 6 nitrogen and oxygen atoms in total. The number of allylic oxidation sites excluding steroid dienone is 2. The monoisotopic (exact) mass is 418 g/mol. The first-order chi connectivity index (χ1) is 13.7. The number of rotatable bonds is 9. The zero-order valence-electron chi connectivity index (χ0n) is 16.4. The fourth-order valence-electron chi connectivity index (χ4n) is 3.30. The molecular weight excluding hydrogens is 395 g/mol. The van der Waals surface area contributed by atoms with Gasteiger partial charge in [-0.1, -0.05) is 0 Å². The molecule has 8 heteroatoms. The van der Waals surface area contributed by atoms with E-state index in [4.69, 9.17) is 4.18 Å². The van der Waals surface area contributed by atoms with E-state index >= 15 is 0 Å². The number of fused-ring (bicyclic) bond motifs is 1. The van der Waals surface area contributed by atoms with Gasteiger partial charge in [0.1, 0.15) is 17.4 Å². The van der Waals surface area contributed by atoms with Crippen LogP contribution in [0, 0.1) is 11.3 Å². The minimum Gasteiger partial charge on any atom is -0.382 e. The number of hydrogen-bond donors (Lipinski definition) is 0. The van der Waals surface area contributed by atoms with Crippen molar-refractivity contribution in [3.8, 4) is 11.8 Å². The molecule has 0 aromatic heterocycles. The molecule has 29 heavy (non-hydrogen) atoms. The van der Waals surface area contributed by atoms with Crippen LogP contribution in [0.1, 0.15) is 41.9 Å². The minimum absolute atomic E-state index is 0.0433. The van der Waals surface area contributed by atoms with Gasteiger partial charge in [0.15, 0.2) is 0 Å². The lowest BCUT2D eigenvalue weighted by atomic mass is 10.0. The van der Waals surface area contributed by atoms with Gasteiger partial charge in [0.05, 0.1) is 12.4 Å². The van der Waals surface area contributed by atoms with E-state index in [0.717, 1.165) is 29.5 Å². The molecule has 1 aromatic carbocycles. The van der Waals surface area contributed by atoms with Crippen LogP contribution in [0.2, 0.25) is 0 Å². The van der Waals surface area contributed by atoms with Gasteiger partial charge < -0.3 is 9.08 Å². The second-order valence-corrected chi connectivity index (χ2v) is 9.23. The van der Waals surface area contributed by atoms with Gasteiger partial charge in [-0.25, -0.2) is 0 Å². The summed E-state index contributed by atoms with van der Waals surface area (Å²) in [7, 11) is -0.418. The summed E-state index contributed by atoms with van der Waals surface area (Å²) in [5.74, 6) is -0.240. The number of benzene rings is 1. The Labute approximate surface area is 170 Å². The van der Waals surface area contributed by atoms with Gasteiger partial charge in [-0.3, -0.25) is 9.18 Å². The molecule has 0 N–H and O–H groups in total. The number of carbonyl (C=O) groups excluding carboxylic acids is 1. The SMILES string of the molecule is CN(C)/C=C(\C#N)C(=O)C1=Cc2cc(C3CC3)c(OS(=O)(=O)CCCF)cc2C1. The molecule has 0 spiro atoms. The van der Waals surface area contributed by atoms with Gasteiger partial charge in [0.2, 0.25) is 5.78 Å². The second-order valence-electron chi connectivity index (χ2n) is 7.54. The van der Waals surface area contributed by atoms with Gasteiger partial charge in [-0.05, 0) is 60.1 Å². The molecule has 1 fully saturated rings. The van der Waals surface area contributed by atoms with Crippen LogP contribution >= 0.6 is 0 Å². The number of carbonyl (C=O) groups is 1. The molecule has 0 amide bonds. The summed E-state index contributed by atoms with van der Waals surface area (Å²) >= 11 is 0. The summed E-state index contributed by atoms with van der Waals surface area (Å²) < 4.78 is 42.0. The minimum atomic E-state index is -3.88. The van der Waals surface area contributed by atoms with Crippen molar-refractivity contribution in [3.63, 3.8) is 0 Å². The van der Waals surface area contributed by atoms with Crippen molar-refractivity contribution in [2.75, 3.05) is 26.5 Å². The van der Waals surface area contributed by atoms with E-state index in [-0.39, 0.29) is 35.2 Å². The number of hydrogen-bond acceptors (Lipinski definition) is 6. The van der Waals surface area contributed by atoms with E-state index in [1.807, 2.05) is 12.1 Å². The van der Waals surface area contributed by atoms with Gasteiger partial charge in [0.25, 0.3) is 0 Å². The number of alkyl halides is 1. The van der Waals surface area contributed by atoms with Crippen molar-refractivity contribution in [1.82, 2.24) is 4.90 Å². The predicted molar refractivity (Wildman–Crippen MR) is 107 cm³/mol. The lowest BCUT2D eigenvalue weighted by Gasteiger charge is -2.13. The molecular formula is C21H23FN2O4S. The standard InChI is InChI=1S/C21H23FN2O4S/c1-24(2)13-18(12-23)21(25)17-8-15-10-19(14-4-5-14)20(11-16(15)9-17)28-29(26,27)7-3-6-22/h8,10-11,13-14H,3-7,9H2,1-2H3/b18-13+. The van der Waals surface area contributed by atoms with Crippen LogP contribution in [0.15, 0.2) is 29.5 Å². The summed E-state index contributed by atoms with van der Waals surface area (Å²) in [6, 6.07) is 5.46. The molecule has 0 saturated heterocycles. The van der Waals surface area contributed by atoms with E-state index in [2.05, 4.69) is 0 Å². The van der Waals surface area contributed by atoms with Crippen LogP contribution in [-0.4, -0.2) is 45.6 Å². The molecule has 1 aromatic rings. The second kappa shape index (κ2) is 8.37. The molecule has 3 rings (SSSR count). The predicted octanol–water partition coefficient (Wildman–Crippen LogP) is 3.11. The Morgan fingerprint density at radius 1 is 1.38 bits per heavy atom. The fourth-order valence-corrected chi connectivity index (χ4v) is 4.26. The highest BCUT2D eigenvalue weighted by molar-refractivity contribution is 7.87. The molecule has 0 aliphatic heterocycles. The lowest BCUT2D eigenvalue weighted by Crippen LogP contribution is -2.15. The first-order valence-corrected chi connectivity index (χ1v) is 11.0. The summed E-state index contributed by atoms with van der Waals surface area (Å²) in [5, 5.41) is 9.28. The molecule has 2 aliphatic carbocycles. The van der Waals surface area contributed by atoms with Gasteiger partial charge >= 0.3 is 10.1 Å². The van der Waals surface area contributed by atoms with Gasteiger partial charge in [-0.2, -0.15) is 13.7 Å². The number of halogens is 1. The topological polar surface area (TPSA) is 87.5 Å². The van der Waals surface area contributed by atoms with Gasteiger partial charge in [-0.15, -0.1) is 0 Å². The Morgan fingerprint density at radius 3 is 2.69 bits per heavy atom. The van der Waals surface area contributed by atoms with Crippen molar-refractivity contribution in [2.24, 2.45) is 0 Å². The van der Waals surface area contributed by atoms with Crippen LogP contribution in [0.5, 0.6) is 5.75 Å². The molecule has 0 atom stereocenters. The third-order valence-electron chi connectivity index (χ3n) is 4.79. The van der Waals surface area contributed by atoms with Gasteiger partial charge in [0, 0.05) is 32.3 Å². The Bertz CT molecular complexity index is 1030. The Kier molecular flexibility index (Phi) is 6.08. The van der Waals surface area contributed by atoms with Crippen molar-refractivity contribution in [3.05, 3.63) is 46.2 Å². The molecule has 2 aliphatic rings. The maximum atomic E-state index is 12.7. The third kappa shape index (κ3) is 5.04. The highest BCUT2D eigenvalue weighted by Gasteiger charge is 2.31. The number of Topliss-reactive ketones (excluding diaryl/α,β-unsaturated/α-hetero) is 1. The fraction of sp³-hybridized carbons (Fsp3) is 0.429. The summed E-state index contributed by atoms with van der Waals surface area (Å²) in [6.07, 6.45) is 5.31. The van der Waals surface area contributed by atoms with E-state index in [9.17, 15) is 22.9 Å². The highest BCUT2D eigenvalue weighted by Crippen LogP contribution is 2.47. The van der Waals surface area contributed by atoms with E-state index in [1.54, 1.807) is 31.1 Å². The molecule has 0 bridgehead atoms. The van der Waals surface area contributed by atoms with Crippen molar-refractivity contribution < 1.29 is 21.8 Å². The summed E-state index contributed by atoms with van der Waals surface area (Å²) in [5.41, 5.74) is 2.93. The van der Waals surface area contributed by atoms with E-state index < -0.39 is 16.8 Å². The Hall–Kier alpha value is -2.66. The lowest BCUT2D eigenvalue weighted by molar-refractivity contribution is -0.111. The van der Waals surface area contributed by atoms with Crippen LogP contribution in [0.4, 0.5) is 4.39 Å². The van der Waals surface area contributed by atoms with Crippen LogP contribution in [0.3, 0.4) is 0 Å². The smallest absolute Gasteiger partial charge is 0.309 e. The number of nitriles is 1. The van der Waals surface area contributed by atoms with Crippen LogP contribution in [0.25, 0.3) is 6.08 Å². The zero-order chi connectivity index (χ0) is 21.2. The Morgan fingerprint density at radius 2 is 2.10 bits per heavy atom. The van der Waals surface area contributed by atoms with Crippen molar-refractivity contribution in [2.45, 2.75) is 31.6 Å². The first-order valence-electron chi connectivity index (χ1n) is 9.42. The third-order valence-corrected chi connectivity index (χ3v) is 6.01. The average molecular weight is 418 g/mol. The molecule has 0 unspecified atom stereocenters. The van der Waals surface area contributed by atoms with Crippen LogP contribution in [-0.2, 0) is 21.3 Å². The normalized spacial score (nSPS) is 16.1. The summed E-state index contributed by atoms with van der Waals surface area (Å²) in [4.78, 5) is 14.3.